The highest BCUT2D eigenvalue weighted by molar-refractivity contribution is 5.63. The van der Waals surface area contributed by atoms with E-state index in [0.717, 1.165) is 20.2 Å². The van der Waals surface area contributed by atoms with Gasteiger partial charge in [-0.1, -0.05) is 0 Å². The lowest BCUT2D eigenvalue weighted by Gasteiger charge is -1.59. The SMILES string of the molecule is CC(=O)O.CC(=O)O.N=CN. The van der Waals surface area contributed by atoms with Gasteiger partial charge in [0.2, 0.25) is 0 Å². The predicted octanol–water partition coefficient (Wildman–Crippen LogP) is -0.266. The summed E-state index contributed by atoms with van der Waals surface area (Å²) < 4.78 is 0. The number of hydrogen-bond acceptors (Lipinski definition) is 3. The van der Waals surface area contributed by atoms with E-state index in [1.165, 1.54) is 0 Å². The largest absolute Gasteiger partial charge is 0.481 e. The number of rotatable bonds is 0. The van der Waals surface area contributed by atoms with Crippen LogP contribution in [0, 0.1) is 5.41 Å². The summed E-state index contributed by atoms with van der Waals surface area (Å²) in [4.78, 5) is 18.0. The van der Waals surface area contributed by atoms with Gasteiger partial charge in [0.1, 0.15) is 0 Å². The first kappa shape index (κ1) is 16.2. The number of nitrogens with one attached hydrogen (secondary N) is 1. The maximum absolute atomic E-state index is 9.00. The van der Waals surface area contributed by atoms with Crippen molar-refractivity contribution < 1.29 is 19.8 Å². The normalized spacial score (nSPS) is 5.64. The summed E-state index contributed by atoms with van der Waals surface area (Å²) in [5, 5.41) is 20.7. The van der Waals surface area contributed by atoms with E-state index in [1.54, 1.807) is 0 Å². The van der Waals surface area contributed by atoms with Crippen LogP contribution in [-0.2, 0) is 9.59 Å². The second-order valence-electron chi connectivity index (χ2n) is 1.20. The molecule has 66 valence electrons. The molecule has 0 aromatic rings. The van der Waals surface area contributed by atoms with Crippen molar-refractivity contribution in [3.63, 3.8) is 0 Å². The molecule has 0 spiro atoms. The van der Waals surface area contributed by atoms with Crippen molar-refractivity contribution in [2.45, 2.75) is 13.8 Å². The third kappa shape index (κ3) is 137. The zero-order valence-electron chi connectivity index (χ0n) is 6.37. The topological polar surface area (TPSA) is 124 Å². The first-order valence-electron chi connectivity index (χ1n) is 2.48. The summed E-state index contributed by atoms with van der Waals surface area (Å²) in [7, 11) is 0. The van der Waals surface area contributed by atoms with Crippen LogP contribution in [0.4, 0.5) is 0 Å². The Balaban J connectivity index is -0.0000000886. The van der Waals surface area contributed by atoms with Gasteiger partial charge in [0.05, 0.1) is 6.34 Å². The minimum Gasteiger partial charge on any atom is -0.481 e. The van der Waals surface area contributed by atoms with Gasteiger partial charge < -0.3 is 15.9 Å². The van der Waals surface area contributed by atoms with Crippen LogP contribution in [0.25, 0.3) is 0 Å². The molecule has 0 aliphatic heterocycles. The maximum atomic E-state index is 9.00. The molecule has 0 aromatic heterocycles. The molecule has 0 aliphatic carbocycles. The van der Waals surface area contributed by atoms with E-state index in [2.05, 4.69) is 5.73 Å². The lowest BCUT2D eigenvalue weighted by Crippen LogP contribution is -1.81. The third-order valence-corrected chi connectivity index (χ3v) is 0. The molecule has 6 nitrogen and oxygen atoms in total. The molecule has 6 heteroatoms. The Labute approximate surface area is 64.1 Å². The van der Waals surface area contributed by atoms with Gasteiger partial charge in [-0.25, -0.2) is 0 Å². The van der Waals surface area contributed by atoms with E-state index in [-0.39, 0.29) is 0 Å². The number of carboxylic acid groups (broad SMARTS) is 2. The molecule has 0 saturated heterocycles. The second-order valence-corrected chi connectivity index (χ2v) is 1.20. The first-order chi connectivity index (χ1) is 4.88. The van der Waals surface area contributed by atoms with E-state index >= 15 is 0 Å². The lowest BCUT2D eigenvalue weighted by atomic mass is 10.9. The van der Waals surface area contributed by atoms with Crippen molar-refractivity contribution in [1.29, 1.82) is 5.41 Å². The lowest BCUT2D eigenvalue weighted by molar-refractivity contribution is -0.135. The quantitative estimate of drug-likeness (QED) is 0.290. The molecule has 5 N–H and O–H groups in total. The molecule has 0 rings (SSSR count). The number of carbonyl (C=O) groups is 2. The van der Waals surface area contributed by atoms with Gasteiger partial charge in [0, 0.05) is 13.8 Å². The smallest absolute Gasteiger partial charge is 0.300 e. The molecule has 0 bridgehead atoms. The van der Waals surface area contributed by atoms with Gasteiger partial charge in [-0.2, -0.15) is 0 Å². The van der Waals surface area contributed by atoms with Crippen LogP contribution in [-0.4, -0.2) is 28.5 Å². The molecule has 0 radical (unpaired) electrons. The first-order valence-corrected chi connectivity index (χ1v) is 2.48. The van der Waals surface area contributed by atoms with Crippen LogP contribution in [0.2, 0.25) is 0 Å². The molecule has 0 unspecified atom stereocenters. The molecule has 0 aromatic carbocycles. The monoisotopic (exact) mass is 164 g/mol. The van der Waals surface area contributed by atoms with Gasteiger partial charge in [0.15, 0.2) is 0 Å². The molecule has 0 atom stereocenters. The minimum absolute atomic E-state index is 0.750. The highest BCUT2D eigenvalue weighted by atomic mass is 16.4. The molecule has 0 fully saturated rings. The summed E-state index contributed by atoms with van der Waals surface area (Å²) in [5.41, 5.74) is 4.39. The molecule has 0 saturated carbocycles. The molecule has 0 amide bonds. The van der Waals surface area contributed by atoms with Crippen LogP contribution in [0.5, 0.6) is 0 Å². The van der Waals surface area contributed by atoms with E-state index < -0.39 is 11.9 Å². The van der Waals surface area contributed by atoms with Crippen molar-refractivity contribution in [3.8, 4) is 0 Å². The van der Waals surface area contributed by atoms with Crippen LogP contribution >= 0.6 is 0 Å². The van der Waals surface area contributed by atoms with Crippen LogP contribution < -0.4 is 5.73 Å². The molecular weight excluding hydrogens is 152 g/mol. The van der Waals surface area contributed by atoms with Crippen molar-refractivity contribution in [2.24, 2.45) is 5.73 Å². The number of nitrogens with two attached hydrogens (primary N) is 1. The van der Waals surface area contributed by atoms with E-state index in [1.807, 2.05) is 0 Å². The van der Waals surface area contributed by atoms with E-state index in [0.29, 0.717) is 0 Å². The van der Waals surface area contributed by atoms with Gasteiger partial charge in [0.25, 0.3) is 11.9 Å². The fourth-order valence-electron chi connectivity index (χ4n) is 0. The molecular formula is C5H12N2O4. The second kappa shape index (κ2) is 15.8. The molecule has 0 heterocycles. The highest BCUT2D eigenvalue weighted by Crippen LogP contribution is 1.42. The van der Waals surface area contributed by atoms with Crippen molar-refractivity contribution in [3.05, 3.63) is 0 Å². The summed E-state index contributed by atoms with van der Waals surface area (Å²) >= 11 is 0. The Morgan fingerprint density at radius 1 is 1.27 bits per heavy atom. The Kier molecular flexibility index (Phi) is 23.2. The Hall–Kier alpha value is -1.59. The highest BCUT2D eigenvalue weighted by Gasteiger charge is 1.65. The van der Waals surface area contributed by atoms with Crippen LogP contribution in [0.15, 0.2) is 0 Å². The van der Waals surface area contributed by atoms with Crippen molar-refractivity contribution in [1.82, 2.24) is 0 Å². The maximum Gasteiger partial charge on any atom is 0.300 e. The van der Waals surface area contributed by atoms with Gasteiger partial charge >= 0.3 is 0 Å². The van der Waals surface area contributed by atoms with Gasteiger partial charge in [-0.15, -0.1) is 0 Å². The van der Waals surface area contributed by atoms with Crippen molar-refractivity contribution in [2.75, 3.05) is 0 Å². The van der Waals surface area contributed by atoms with Crippen LogP contribution in [0.3, 0.4) is 0 Å². The summed E-state index contributed by atoms with van der Waals surface area (Å²) in [5.74, 6) is -1.67. The number of aliphatic carboxylic acids is 2. The van der Waals surface area contributed by atoms with Crippen LogP contribution in [0.1, 0.15) is 13.8 Å². The zero-order valence-corrected chi connectivity index (χ0v) is 6.37. The predicted molar refractivity (Wildman–Crippen MR) is 39.6 cm³/mol. The van der Waals surface area contributed by atoms with E-state index in [4.69, 9.17) is 25.2 Å². The molecule has 0 aliphatic rings. The Morgan fingerprint density at radius 2 is 1.27 bits per heavy atom. The summed E-state index contributed by atoms with van der Waals surface area (Å²) in [6.45, 7) is 2.17. The number of hydrogen-bond donors (Lipinski definition) is 4. The van der Waals surface area contributed by atoms with Gasteiger partial charge in [-0.3, -0.25) is 15.0 Å². The standard InChI is InChI=1S/2C2H4O2.CH4N2/c2*1-2(3)4;2-1-3/h2*1H3,(H,3,4);1H,(H3,2,3). The molecule has 11 heavy (non-hydrogen) atoms. The average Bonchev–Trinajstić information content (AvgIpc) is 1.60. The fourth-order valence-corrected chi connectivity index (χ4v) is 0. The average molecular weight is 164 g/mol. The summed E-state index contributed by atoms with van der Waals surface area (Å²) in [6.07, 6.45) is 0.750. The zero-order chi connectivity index (χ0) is 9.86. The van der Waals surface area contributed by atoms with Gasteiger partial charge in [-0.05, 0) is 0 Å². The Morgan fingerprint density at radius 3 is 1.27 bits per heavy atom. The Bertz CT molecular complexity index is 104. The number of carboxylic acids is 2. The fraction of sp³-hybridized carbons (Fsp3) is 0.400. The summed E-state index contributed by atoms with van der Waals surface area (Å²) in [6, 6.07) is 0. The minimum atomic E-state index is -0.833. The van der Waals surface area contributed by atoms with E-state index in [9.17, 15) is 0 Å². The third-order valence-electron chi connectivity index (χ3n) is 0. The van der Waals surface area contributed by atoms with Crippen molar-refractivity contribution >= 4 is 18.3 Å².